The molecule has 2 aliphatic carbocycles. The molecule has 1 saturated carbocycles. The zero-order chi connectivity index (χ0) is 34.6. The van der Waals surface area contributed by atoms with Crippen molar-refractivity contribution in [1.29, 1.82) is 0 Å². The Labute approximate surface area is 274 Å². The van der Waals surface area contributed by atoms with E-state index in [1.54, 1.807) is 17.0 Å². The third kappa shape index (κ3) is 5.73. The predicted octanol–water partition coefficient (Wildman–Crippen LogP) is 6.92. The second-order valence-corrected chi connectivity index (χ2v) is 15.2. The molecule has 3 aliphatic rings. The first-order valence-electron chi connectivity index (χ1n) is 15.8. The van der Waals surface area contributed by atoms with E-state index in [9.17, 15) is 45.1 Å². The average molecular weight is 692 g/mol. The maximum atomic E-state index is 14.7. The molecule has 1 amide bonds. The number of amides is 1. The molecule has 0 bridgehead atoms. The van der Waals surface area contributed by atoms with Crippen LogP contribution in [0.15, 0.2) is 65.6 Å². The fourth-order valence-electron chi connectivity index (χ4n) is 8.01. The Morgan fingerprint density at radius 3 is 2.42 bits per heavy atom. The van der Waals surface area contributed by atoms with Crippen LogP contribution in [0.25, 0.3) is 0 Å². The summed E-state index contributed by atoms with van der Waals surface area (Å²) in [7, 11) is -4.27. The van der Waals surface area contributed by atoms with Gasteiger partial charge in [0, 0.05) is 18.0 Å². The van der Waals surface area contributed by atoms with Gasteiger partial charge in [0.05, 0.1) is 22.4 Å². The number of hydrogen-bond donors (Lipinski definition) is 1. The van der Waals surface area contributed by atoms with Crippen molar-refractivity contribution < 1.29 is 49.8 Å². The number of benzene rings is 3. The van der Waals surface area contributed by atoms with Crippen LogP contribution in [-0.4, -0.2) is 42.9 Å². The number of aryl methyl sites for hydroxylation is 1. The number of likely N-dealkylation sites (tertiary alicyclic amines) is 1. The van der Waals surface area contributed by atoms with E-state index in [2.05, 4.69) is 0 Å². The molecule has 3 aromatic carbocycles. The first-order chi connectivity index (χ1) is 22.6. The highest BCUT2D eigenvalue weighted by Crippen LogP contribution is 2.54. The van der Waals surface area contributed by atoms with Crippen LogP contribution in [0, 0.1) is 29.4 Å². The van der Waals surface area contributed by atoms with Crippen molar-refractivity contribution in [2.75, 3.05) is 6.54 Å². The number of fused-ring (bicyclic) bond motifs is 3. The summed E-state index contributed by atoms with van der Waals surface area (Å²) in [6.45, 7) is 1.25. The van der Waals surface area contributed by atoms with Gasteiger partial charge < -0.3 is 14.7 Å². The summed E-state index contributed by atoms with van der Waals surface area (Å²) in [6, 6.07) is 10.9. The Balaban J connectivity index is 1.36. The number of ether oxygens (including phenoxy) is 1. The lowest BCUT2D eigenvalue weighted by Crippen LogP contribution is -2.53. The Bertz CT molecular complexity index is 1850. The predicted molar refractivity (Wildman–Crippen MR) is 164 cm³/mol. The Kier molecular flexibility index (Phi) is 8.80. The molecule has 0 spiro atoms. The summed E-state index contributed by atoms with van der Waals surface area (Å²) in [5, 5.41) is 9.50. The maximum Gasteiger partial charge on any atom is 0.416 e. The monoisotopic (exact) mass is 691 g/mol. The summed E-state index contributed by atoms with van der Waals surface area (Å²) in [5.74, 6) is -3.93. The van der Waals surface area contributed by atoms with Crippen molar-refractivity contribution in [2.24, 2.45) is 17.8 Å². The first-order valence-corrected chi connectivity index (χ1v) is 17.3. The summed E-state index contributed by atoms with van der Waals surface area (Å²) in [4.78, 5) is 27.2. The molecule has 7 nitrogen and oxygen atoms in total. The Morgan fingerprint density at radius 2 is 1.75 bits per heavy atom. The number of carbonyl (C=O) groups is 2. The van der Waals surface area contributed by atoms with Gasteiger partial charge in [0.15, 0.2) is 9.84 Å². The van der Waals surface area contributed by atoms with Gasteiger partial charge in [-0.1, -0.05) is 19.1 Å². The van der Waals surface area contributed by atoms with Gasteiger partial charge in [0.1, 0.15) is 28.7 Å². The number of sulfone groups is 1. The van der Waals surface area contributed by atoms with Crippen LogP contribution in [0.1, 0.15) is 61.3 Å². The van der Waals surface area contributed by atoms with E-state index in [0.29, 0.717) is 36.8 Å². The van der Waals surface area contributed by atoms with Gasteiger partial charge >= 0.3 is 12.1 Å². The molecule has 1 aliphatic heterocycles. The minimum absolute atomic E-state index is 0.0410. The van der Waals surface area contributed by atoms with E-state index in [-0.39, 0.29) is 41.9 Å². The van der Waals surface area contributed by atoms with Crippen molar-refractivity contribution >= 4 is 21.7 Å². The molecule has 6 rings (SSSR count). The molecule has 1 heterocycles. The van der Waals surface area contributed by atoms with Crippen LogP contribution in [0.5, 0.6) is 5.75 Å². The molecule has 48 heavy (non-hydrogen) atoms. The van der Waals surface area contributed by atoms with E-state index in [1.807, 2.05) is 6.92 Å². The largest absolute Gasteiger partial charge is 0.489 e. The minimum atomic E-state index is -4.80. The smallest absolute Gasteiger partial charge is 0.416 e. The van der Waals surface area contributed by atoms with Gasteiger partial charge in [-0.3, -0.25) is 9.59 Å². The zero-order valence-electron chi connectivity index (χ0n) is 26.0. The lowest BCUT2D eigenvalue weighted by Gasteiger charge is -2.44. The van der Waals surface area contributed by atoms with E-state index >= 15 is 0 Å². The van der Waals surface area contributed by atoms with Crippen molar-refractivity contribution in [3.8, 4) is 5.75 Å². The molecule has 5 atom stereocenters. The lowest BCUT2D eigenvalue weighted by atomic mass is 9.74. The number of aliphatic carboxylic acids is 1. The molecule has 1 N–H and O–H groups in total. The number of alkyl halides is 3. The molecule has 256 valence electrons. The highest BCUT2D eigenvalue weighted by molar-refractivity contribution is 7.92. The van der Waals surface area contributed by atoms with Crippen molar-refractivity contribution in [1.82, 2.24) is 4.90 Å². The van der Waals surface area contributed by atoms with Crippen LogP contribution in [0.2, 0.25) is 0 Å². The average Bonchev–Trinajstić information content (AvgIpc) is 3.45. The topological polar surface area (TPSA) is 101 Å². The summed E-state index contributed by atoms with van der Waals surface area (Å²) < 4.78 is 102. The number of rotatable bonds is 7. The highest BCUT2D eigenvalue weighted by atomic mass is 32.2. The van der Waals surface area contributed by atoms with E-state index in [0.717, 1.165) is 30.3 Å². The second-order valence-electron chi connectivity index (χ2n) is 13.0. The van der Waals surface area contributed by atoms with Gasteiger partial charge in [-0.25, -0.2) is 17.2 Å². The quantitative estimate of drug-likeness (QED) is 0.214. The summed E-state index contributed by atoms with van der Waals surface area (Å²) >= 11 is 0. The van der Waals surface area contributed by atoms with Gasteiger partial charge in [-0.15, -0.1) is 0 Å². The molecule has 2 fully saturated rings. The second kappa shape index (κ2) is 12.5. The number of carboxylic acids is 1. The zero-order valence-corrected chi connectivity index (χ0v) is 26.8. The maximum absolute atomic E-state index is 14.7. The molecular weight excluding hydrogens is 657 g/mol. The van der Waals surface area contributed by atoms with E-state index in [1.165, 1.54) is 18.2 Å². The number of carboxylic acid groups (broad SMARTS) is 1. The van der Waals surface area contributed by atoms with E-state index in [4.69, 9.17) is 4.74 Å². The summed E-state index contributed by atoms with van der Waals surface area (Å²) in [6.07, 6.45) is -3.15. The molecule has 3 aromatic rings. The Morgan fingerprint density at radius 1 is 1.02 bits per heavy atom. The number of carbonyl (C=O) groups excluding carboxylic acids is 1. The minimum Gasteiger partial charge on any atom is -0.489 e. The molecule has 1 saturated heterocycles. The number of halogens is 5. The van der Waals surface area contributed by atoms with Crippen LogP contribution < -0.4 is 4.74 Å². The molecule has 0 unspecified atom stereocenters. The summed E-state index contributed by atoms with van der Waals surface area (Å²) in [5.41, 5.74) is -0.845. The van der Waals surface area contributed by atoms with Crippen LogP contribution in [0.3, 0.4) is 0 Å². The highest BCUT2D eigenvalue weighted by Gasteiger charge is 2.61. The standard InChI is InChI=1S/C35H34F5NO6S/c1-20-17-22(33(43)44)5-12-26(20)32(42)41-16-15-34(48(45,46)25-10-7-23(36)8-11-25)28-13-9-24(18-21(28)6-14-31(34)41)47-19-27-29(35(38,39)40)3-2-4-30(27)37/h2-4,7-11,13,18,20,22,26,31H,5-6,12,14-17,19H2,1H3,(H,43,44)/t20-,22+,26+,31-,34-/m1/s1. The molecule has 13 heteroatoms. The van der Waals surface area contributed by atoms with Gasteiger partial charge in [0.25, 0.3) is 0 Å². The molecule has 0 aromatic heterocycles. The van der Waals surface area contributed by atoms with Gasteiger partial charge in [0.2, 0.25) is 5.91 Å². The van der Waals surface area contributed by atoms with Crippen molar-refractivity contribution in [3.05, 3.63) is 94.6 Å². The van der Waals surface area contributed by atoms with Gasteiger partial charge in [-0.2, -0.15) is 13.2 Å². The van der Waals surface area contributed by atoms with Crippen LogP contribution in [0.4, 0.5) is 22.0 Å². The van der Waals surface area contributed by atoms with Crippen molar-refractivity contribution in [3.63, 3.8) is 0 Å². The normalized spacial score (nSPS) is 25.7. The Hall–Kier alpha value is -4.00. The van der Waals surface area contributed by atoms with Crippen LogP contribution >= 0.6 is 0 Å². The molecular formula is C35H34F5NO6S. The van der Waals surface area contributed by atoms with Crippen molar-refractivity contribution in [2.45, 2.75) is 73.9 Å². The third-order valence-electron chi connectivity index (χ3n) is 10.4. The van der Waals surface area contributed by atoms with Gasteiger partial charge in [-0.05, 0) is 104 Å². The lowest BCUT2D eigenvalue weighted by molar-refractivity contribution is -0.148. The van der Waals surface area contributed by atoms with Crippen LogP contribution in [-0.2, 0) is 43.4 Å². The fourth-order valence-corrected chi connectivity index (χ4v) is 10.4. The fraction of sp³-hybridized carbons (Fsp3) is 0.429. The van der Waals surface area contributed by atoms with E-state index < -0.39 is 74.0 Å². The first kappa shape index (κ1) is 33.9. The third-order valence-corrected chi connectivity index (χ3v) is 12.9. The molecule has 0 radical (unpaired) electrons. The SMILES string of the molecule is C[C@@H]1C[C@@H](C(=O)O)CC[C@@H]1C(=O)N1CC[C@@]2(S(=O)(=O)c3ccc(F)cc3)c3ccc(OCc4c(F)cccc4C(F)(F)F)cc3CC[C@@H]12. The number of hydrogen-bond acceptors (Lipinski definition) is 5. The number of nitrogens with zero attached hydrogens (tertiary/aromatic N) is 1.